The number of aromatic nitrogens is 1. The number of oxazole rings is 1. The molecule has 0 radical (unpaired) electrons. The Hall–Kier alpha value is -1.93. The van der Waals surface area contributed by atoms with Gasteiger partial charge in [0.1, 0.15) is 0 Å². The summed E-state index contributed by atoms with van der Waals surface area (Å²) in [4.78, 5) is 19.2. The predicted molar refractivity (Wildman–Crippen MR) is 87.4 cm³/mol. The van der Waals surface area contributed by atoms with Crippen LogP contribution >= 0.6 is 11.8 Å². The van der Waals surface area contributed by atoms with E-state index in [-0.39, 0.29) is 17.8 Å². The third kappa shape index (κ3) is 3.55. The lowest BCUT2D eigenvalue weighted by Crippen LogP contribution is -2.57. The fourth-order valence-electron chi connectivity index (χ4n) is 3.43. The normalized spacial score (nSPS) is 25.1. The van der Waals surface area contributed by atoms with Gasteiger partial charge in [-0.2, -0.15) is 0 Å². The van der Waals surface area contributed by atoms with E-state index in [4.69, 9.17) is 4.42 Å². The molecule has 2 aromatic rings. The van der Waals surface area contributed by atoms with Crippen molar-refractivity contribution in [1.29, 1.82) is 0 Å². The molecule has 2 bridgehead atoms. The quantitative estimate of drug-likeness (QED) is 0.903. The van der Waals surface area contributed by atoms with Gasteiger partial charge in [0.25, 0.3) is 5.89 Å². The van der Waals surface area contributed by atoms with E-state index in [2.05, 4.69) is 15.2 Å². The monoisotopic (exact) mass is 365 g/mol. The van der Waals surface area contributed by atoms with Crippen molar-refractivity contribution >= 4 is 17.7 Å². The molecule has 3 aliphatic heterocycles. The minimum absolute atomic E-state index is 0.0125. The molecule has 3 aliphatic rings. The molecule has 0 aliphatic carbocycles. The first-order chi connectivity index (χ1) is 12.1. The third-order valence-corrected chi connectivity index (χ3v) is 5.64. The van der Waals surface area contributed by atoms with Crippen LogP contribution in [0.5, 0.6) is 0 Å². The van der Waals surface area contributed by atoms with Crippen molar-refractivity contribution in [3.05, 3.63) is 41.9 Å². The van der Waals surface area contributed by atoms with Gasteiger partial charge in [-0.25, -0.2) is 13.8 Å². The molecule has 25 heavy (non-hydrogen) atoms. The molecule has 4 heterocycles. The number of piperidine rings is 3. The number of carbonyl (C=O) groups is 1. The lowest BCUT2D eigenvalue weighted by molar-refractivity contribution is 0.0599. The Morgan fingerprint density at radius 3 is 2.76 bits per heavy atom. The van der Waals surface area contributed by atoms with Gasteiger partial charge in [0.2, 0.25) is 0 Å². The molecule has 132 valence electrons. The first kappa shape index (κ1) is 16.5. The molecular weight excluding hydrogens is 348 g/mol. The zero-order valence-electron chi connectivity index (χ0n) is 13.4. The smallest absolute Gasteiger partial charge is 0.307 e. The molecule has 1 atom stereocenters. The summed E-state index contributed by atoms with van der Waals surface area (Å²) in [5.74, 6) is -1.67. The van der Waals surface area contributed by atoms with Crippen molar-refractivity contribution < 1.29 is 18.0 Å². The van der Waals surface area contributed by atoms with Crippen LogP contribution < -0.4 is 5.32 Å². The minimum Gasteiger partial charge on any atom is -0.425 e. The number of hydrogen-bond acceptors (Lipinski definition) is 5. The molecule has 0 saturated carbocycles. The number of hydrogen-bond donors (Lipinski definition) is 1. The van der Waals surface area contributed by atoms with Crippen LogP contribution in [-0.2, 0) is 0 Å². The number of nitrogens with one attached hydrogen (secondary N) is 1. The number of amides is 1. The molecule has 1 aromatic heterocycles. The molecule has 0 unspecified atom stereocenters. The van der Waals surface area contributed by atoms with Gasteiger partial charge < -0.3 is 14.6 Å². The molecule has 3 fully saturated rings. The third-order valence-electron chi connectivity index (χ3n) is 4.76. The number of halogens is 2. The average Bonchev–Trinajstić information content (AvgIpc) is 3.08. The molecule has 3 saturated heterocycles. The summed E-state index contributed by atoms with van der Waals surface area (Å²) in [6.07, 6.45) is 3.62. The zero-order chi connectivity index (χ0) is 17.4. The molecule has 5 nitrogen and oxygen atoms in total. The van der Waals surface area contributed by atoms with Crippen LogP contribution in [0, 0.1) is 17.6 Å². The summed E-state index contributed by atoms with van der Waals surface area (Å²) in [6.45, 7) is 3.07. The van der Waals surface area contributed by atoms with E-state index in [9.17, 15) is 13.6 Å². The number of fused-ring (bicyclic) bond motifs is 3. The van der Waals surface area contributed by atoms with Gasteiger partial charge in [0.15, 0.2) is 16.7 Å². The van der Waals surface area contributed by atoms with Crippen molar-refractivity contribution in [2.75, 3.05) is 19.6 Å². The fraction of sp³-hybridized carbons (Fsp3) is 0.412. The summed E-state index contributed by atoms with van der Waals surface area (Å²) in [5, 5.41) is 3.36. The molecule has 5 rings (SSSR count). The maximum absolute atomic E-state index is 13.2. The largest absolute Gasteiger partial charge is 0.425 e. The number of nitrogens with zero attached hydrogens (tertiary/aromatic N) is 2. The molecule has 1 amide bonds. The highest BCUT2D eigenvalue weighted by molar-refractivity contribution is 7.99. The Labute approximate surface area is 147 Å². The van der Waals surface area contributed by atoms with Crippen LogP contribution in [0.4, 0.5) is 8.78 Å². The van der Waals surface area contributed by atoms with Gasteiger partial charge in [-0.05, 0) is 50.0 Å². The maximum Gasteiger partial charge on any atom is 0.307 e. The van der Waals surface area contributed by atoms with E-state index < -0.39 is 11.6 Å². The van der Waals surface area contributed by atoms with Gasteiger partial charge in [-0.3, -0.25) is 4.79 Å². The average molecular weight is 365 g/mol. The van der Waals surface area contributed by atoms with Crippen LogP contribution in [0.2, 0.25) is 0 Å². The number of carbonyl (C=O) groups excluding carboxylic acids is 1. The fourth-order valence-corrected chi connectivity index (χ4v) is 4.18. The molecule has 8 heteroatoms. The highest BCUT2D eigenvalue weighted by Gasteiger charge is 2.35. The van der Waals surface area contributed by atoms with Crippen molar-refractivity contribution in [2.24, 2.45) is 5.92 Å². The van der Waals surface area contributed by atoms with Crippen molar-refractivity contribution in [1.82, 2.24) is 15.2 Å². The summed E-state index contributed by atoms with van der Waals surface area (Å²) in [7, 11) is 0. The summed E-state index contributed by atoms with van der Waals surface area (Å²) in [5.41, 5.74) is 0. The summed E-state index contributed by atoms with van der Waals surface area (Å²) in [6, 6.07) is 3.70. The second kappa shape index (κ2) is 6.76. The van der Waals surface area contributed by atoms with E-state index in [1.807, 2.05) is 0 Å². The Morgan fingerprint density at radius 2 is 2.08 bits per heavy atom. The first-order valence-electron chi connectivity index (χ1n) is 8.20. The van der Waals surface area contributed by atoms with E-state index >= 15 is 0 Å². The van der Waals surface area contributed by atoms with Crippen molar-refractivity contribution in [3.8, 4) is 0 Å². The van der Waals surface area contributed by atoms with Crippen molar-refractivity contribution in [2.45, 2.75) is 28.9 Å². The predicted octanol–water partition coefficient (Wildman–Crippen LogP) is 2.93. The van der Waals surface area contributed by atoms with E-state index in [1.54, 1.807) is 0 Å². The van der Waals surface area contributed by atoms with E-state index in [1.165, 1.54) is 12.3 Å². The Balaban J connectivity index is 1.40. The van der Waals surface area contributed by atoms with Gasteiger partial charge in [-0.15, -0.1) is 0 Å². The Bertz CT molecular complexity index is 790. The maximum atomic E-state index is 13.2. The topological polar surface area (TPSA) is 58.4 Å². The SMILES string of the molecule is O=C(N[C@H]1CN2CCC1CC2)c1ncc(Sc2ccc(F)c(F)c2)o1. The Kier molecular flexibility index (Phi) is 4.47. The van der Waals surface area contributed by atoms with Crippen LogP contribution in [0.15, 0.2) is 38.8 Å². The summed E-state index contributed by atoms with van der Waals surface area (Å²) < 4.78 is 31.7. The van der Waals surface area contributed by atoms with E-state index in [0.717, 1.165) is 56.4 Å². The minimum atomic E-state index is -0.926. The standard InChI is InChI=1S/C17H17F2N3O2S/c18-12-2-1-11(7-13(12)19)25-15-8-20-17(24-15)16(23)21-14-9-22-5-3-10(14)4-6-22/h1-2,7-8,10,14H,3-6,9H2,(H,21,23)/t14-/m0/s1. The Morgan fingerprint density at radius 1 is 1.28 bits per heavy atom. The molecular formula is C17H17F2N3O2S. The zero-order valence-corrected chi connectivity index (χ0v) is 14.2. The van der Waals surface area contributed by atoms with Crippen LogP contribution in [0.3, 0.4) is 0 Å². The second-order valence-electron chi connectivity index (χ2n) is 6.38. The lowest BCUT2D eigenvalue weighted by atomic mass is 9.84. The second-order valence-corrected chi connectivity index (χ2v) is 7.46. The molecule has 1 N–H and O–H groups in total. The first-order valence-corrected chi connectivity index (χ1v) is 9.02. The van der Waals surface area contributed by atoms with Crippen LogP contribution in [0.25, 0.3) is 0 Å². The molecule has 0 spiro atoms. The van der Waals surface area contributed by atoms with Gasteiger partial charge in [0, 0.05) is 17.5 Å². The van der Waals surface area contributed by atoms with Crippen molar-refractivity contribution in [3.63, 3.8) is 0 Å². The number of benzene rings is 1. The lowest BCUT2D eigenvalue weighted by Gasteiger charge is -2.44. The van der Waals surface area contributed by atoms with Crippen LogP contribution in [-0.4, -0.2) is 41.5 Å². The van der Waals surface area contributed by atoms with Gasteiger partial charge in [-0.1, -0.05) is 11.8 Å². The van der Waals surface area contributed by atoms with Gasteiger partial charge >= 0.3 is 5.91 Å². The van der Waals surface area contributed by atoms with Gasteiger partial charge in [0.05, 0.1) is 6.20 Å². The van der Waals surface area contributed by atoms with E-state index in [0.29, 0.717) is 15.9 Å². The highest BCUT2D eigenvalue weighted by Crippen LogP contribution is 2.30. The van der Waals surface area contributed by atoms with Crippen LogP contribution in [0.1, 0.15) is 23.5 Å². The molecule has 1 aromatic carbocycles. The highest BCUT2D eigenvalue weighted by atomic mass is 32.2. The number of rotatable bonds is 4. The summed E-state index contributed by atoms with van der Waals surface area (Å²) >= 11 is 1.08.